The molecule has 7 nitrogen and oxygen atoms in total. The molecule has 2 heterocycles. The maximum atomic E-state index is 13.0. The average Bonchev–Trinajstić information content (AvgIpc) is 3.01. The molecule has 0 unspecified atom stereocenters. The lowest BCUT2D eigenvalue weighted by molar-refractivity contribution is 0.181. The molecule has 142 valence electrons. The number of nitrogens with zero attached hydrogens (tertiary/aromatic N) is 2. The van der Waals surface area contributed by atoms with Crippen LogP contribution in [0.15, 0.2) is 52.2 Å². The van der Waals surface area contributed by atoms with E-state index in [1.54, 1.807) is 12.1 Å². The van der Waals surface area contributed by atoms with E-state index in [1.165, 1.54) is 21.5 Å². The third-order valence-electron chi connectivity index (χ3n) is 4.95. The molecule has 1 saturated heterocycles. The normalized spacial score (nSPS) is 16.8. The molecule has 0 spiro atoms. The van der Waals surface area contributed by atoms with Gasteiger partial charge in [0.05, 0.1) is 15.9 Å². The number of fused-ring (bicyclic) bond motifs is 1. The van der Waals surface area contributed by atoms with Crippen LogP contribution in [0.2, 0.25) is 0 Å². The first-order chi connectivity index (χ1) is 12.9. The van der Waals surface area contributed by atoms with Crippen LogP contribution in [0.3, 0.4) is 0 Å². The van der Waals surface area contributed by atoms with Crippen LogP contribution in [0.5, 0.6) is 0 Å². The van der Waals surface area contributed by atoms with Gasteiger partial charge in [0.1, 0.15) is 0 Å². The zero-order chi connectivity index (χ0) is 19.0. The fourth-order valence-corrected chi connectivity index (χ4v) is 4.97. The molecule has 0 saturated carbocycles. The molecule has 0 radical (unpaired) electrons. The van der Waals surface area contributed by atoms with Gasteiger partial charge in [-0.25, -0.2) is 13.2 Å². The monoisotopic (exact) mass is 386 g/mol. The van der Waals surface area contributed by atoms with Crippen molar-refractivity contribution in [3.8, 4) is 0 Å². The first-order valence-electron chi connectivity index (χ1n) is 8.92. The summed E-state index contributed by atoms with van der Waals surface area (Å²) in [6.45, 7) is 5.19. The molecule has 0 bridgehead atoms. The molecule has 1 aliphatic rings. The van der Waals surface area contributed by atoms with Crippen molar-refractivity contribution in [1.29, 1.82) is 0 Å². The van der Waals surface area contributed by atoms with Crippen LogP contribution in [-0.4, -0.2) is 53.8 Å². The molecular weight excluding hydrogens is 364 g/mol. The van der Waals surface area contributed by atoms with Crippen molar-refractivity contribution in [2.75, 3.05) is 26.2 Å². The van der Waals surface area contributed by atoms with Gasteiger partial charge in [-0.05, 0) is 30.7 Å². The maximum Gasteiger partial charge on any atom is 0.323 e. The molecule has 2 N–H and O–H groups in total. The summed E-state index contributed by atoms with van der Waals surface area (Å²) in [5, 5.41) is 0. The van der Waals surface area contributed by atoms with E-state index in [0.717, 1.165) is 6.54 Å². The van der Waals surface area contributed by atoms with E-state index in [2.05, 4.69) is 40.0 Å². The van der Waals surface area contributed by atoms with Crippen molar-refractivity contribution in [3.05, 3.63) is 64.1 Å². The highest BCUT2D eigenvalue weighted by molar-refractivity contribution is 7.89. The number of imidazole rings is 1. The highest BCUT2D eigenvalue weighted by Gasteiger charge is 2.28. The Kier molecular flexibility index (Phi) is 4.63. The van der Waals surface area contributed by atoms with Gasteiger partial charge in [0, 0.05) is 32.7 Å². The van der Waals surface area contributed by atoms with E-state index in [9.17, 15) is 13.2 Å². The van der Waals surface area contributed by atoms with Crippen LogP contribution in [0.25, 0.3) is 11.0 Å². The highest BCUT2D eigenvalue weighted by atomic mass is 32.2. The average molecular weight is 386 g/mol. The maximum absolute atomic E-state index is 13.0. The summed E-state index contributed by atoms with van der Waals surface area (Å²) in [6, 6.07) is 13.1. The van der Waals surface area contributed by atoms with Gasteiger partial charge in [-0.2, -0.15) is 4.31 Å². The third-order valence-corrected chi connectivity index (χ3v) is 6.84. The third kappa shape index (κ3) is 3.69. The van der Waals surface area contributed by atoms with Gasteiger partial charge in [0.2, 0.25) is 10.0 Å². The van der Waals surface area contributed by atoms with Crippen LogP contribution in [0, 0.1) is 6.92 Å². The number of piperazine rings is 1. The van der Waals surface area contributed by atoms with Crippen LogP contribution in [0.1, 0.15) is 11.1 Å². The van der Waals surface area contributed by atoms with Crippen LogP contribution >= 0.6 is 0 Å². The Balaban J connectivity index is 1.46. The predicted molar refractivity (Wildman–Crippen MR) is 104 cm³/mol. The number of aromatic amines is 2. The summed E-state index contributed by atoms with van der Waals surface area (Å²) >= 11 is 0. The Hall–Kier alpha value is -2.42. The van der Waals surface area contributed by atoms with Crippen LogP contribution in [-0.2, 0) is 16.6 Å². The van der Waals surface area contributed by atoms with E-state index in [-0.39, 0.29) is 10.6 Å². The summed E-state index contributed by atoms with van der Waals surface area (Å²) in [7, 11) is -3.58. The zero-order valence-corrected chi connectivity index (χ0v) is 15.9. The van der Waals surface area contributed by atoms with Gasteiger partial charge in [0.25, 0.3) is 0 Å². The fourth-order valence-electron chi connectivity index (χ4n) is 3.52. The SMILES string of the molecule is Cc1cccc(CN2CCN(S(=O)(=O)c3ccc4[nH]c(=O)[nH]c4c3)CC2)c1. The van der Waals surface area contributed by atoms with Crippen molar-refractivity contribution in [2.24, 2.45) is 0 Å². The predicted octanol–water partition coefficient (Wildman–Crippen LogP) is 1.67. The molecule has 0 aliphatic carbocycles. The second-order valence-corrected chi connectivity index (χ2v) is 8.89. The van der Waals surface area contributed by atoms with E-state index < -0.39 is 10.0 Å². The second-order valence-electron chi connectivity index (χ2n) is 6.96. The number of hydrogen-bond acceptors (Lipinski definition) is 4. The summed E-state index contributed by atoms with van der Waals surface area (Å²) in [6.07, 6.45) is 0. The molecule has 0 atom stereocenters. The standard InChI is InChI=1S/C19H22N4O3S/c1-14-3-2-4-15(11-14)13-22-7-9-23(10-8-22)27(25,26)16-5-6-17-18(12-16)21-19(24)20-17/h2-6,11-12H,7-10,13H2,1H3,(H2,20,21,24). The summed E-state index contributed by atoms with van der Waals surface area (Å²) in [5.74, 6) is 0. The molecule has 1 aromatic heterocycles. The number of benzene rings is 2. The first kappa shape index (κ1) is 18.0. The minimum absolute atomic E-state index is 0.206. The minimum Gasteiger partial charge on any atom is -0.306 e. The van der Waals surface area contributed by atoms with Gasteiger partial charge >= 0.3 is 5.69 Å². The van der Waals surface area contributed by atoms with Crippen molar-refractivity contribution in [1.82, 2.24) is 19.2 Å². The molecule has 1 fully saturated rings. The smallest absolute Gasteiger partial charge is 0.306 e. The number of H-pyrrole nitrogens is 2. The molecule has 3 aromatic rings. The van der Waals surface area contributed by atoms with E-state index in [1.807, 2.05) is 6.07 Å². The summed E-state index contributed by atoms with van der Waals surface area (Å²) in [4.78, 5) is 19.1. The largest absolute Gasteiger partial charge is 0.323 e. The van der Waals surface area contributed by atoms with Crippen molar-refractivity contribution < 1.29 is 8.42 Å². The minimum atomic E-state index is -3.58. The molecular formula is C19H22N4O3S. The van der Waals surface area contributed by atoms with Crippen molar-refractivity contribution in [2.45, 2.75) is 18.4 Å². The lowest BCUT2D eigenvalue weighted by Crippen LogP contribution is -2.48. The Morgan fingerprint density at radius 1 is 0.963 bits per heavy atom. The summed E-state index contributed by atoms with van der Waals surface area (Å²) < 4.78 is 27.4. The molecule has 27 heavy (non-hydrogen) atoms. The number of aryl methyl sites for hydroxylation is 1. The lowest BCUT2D eigenvalue weighted by Gasteiger charge is -2.34. The Bertz CT molecular complexity index is 1130. The van der Waals surface area contributed by atoms with Crippen molar-refractivity contribution in [3.63, 3.8) is 0 Å². The zero-order valence-electron chi connectivity index (χ0n) is 15.1. The molecule has 0 amide bonds. The number of nitrogens with one attached hydrogen (secondary N) is 2. The first-order valence-corrected chi connectivity index (χ1v) is 10.4. The number of rotatable bonds is 4. The van der Waals surface area contributed by atoms with Gasteiger partial charge in [0.15, 0.2) is 0 Å². The molecule has 8 heteroatoms. The van der Waals surface area contributed by atoms with Crippen LogP contribution in [0.4, 0.5) is 0 Å². The van der Waals surface area contributed by atoms with E-state index in [4.69, 9.17) is 0 Å². The molecule has 4 rings (SSSR count). The topological polar surface area (TPSA) is 89.3 Å². The van der Waals surface area contributed by atoms with E-state index >= 15 is 0 Å². The Morgan fingerprint density at radius 2 is 1.70 bits per heavy atom. The molecule has 2 aromatic carbocycles. The summed E-state index contributed by atoms with van der Waals surface area (Å²) in [5.41, 5.74) is 3.23. The van der Waals surface area contributed by atoms with Crippen LogP contribution < -0.4 is 5.69 Å². The molecule has 1 aliphatic heterocycles. The highest BCUT2D eigenvalue weighted by Crippen LogP contribution is 2.21. The van der Waals surface area contributed by atoms with E-state index in [0.29, 0.717) is 37.2 Å². The number of aromatic nitrogens is 2. The number of hydrogen-bond donors (Lipinski definition) is 2. The van der Waals surface area contributed by atoms with Crippen molar-refractivity contribution >= 4 is 21.1 Å². The van der Waals surface area contributed by atoms with Gasteiger partial charge in [-0.3, -0.25) is 4.90 Å². The lowest BCUT2D eigenvalue weighted by atomic mass is 10.1. The van der Waals surface area contributed by atoms with Gasteiger partial charge in [-0.1, -0.05) is 29.8 Å². The van der Waals surface area contributed by atoms with Gasteiger partial charge in [-0.15, -0.1) is 0 Å². The fraction of sp³-hybridized carbons (Fsp3) is 0.316. The van der Waals surface area contributed by atoms with Gasteiger partial charge < -0.3 is 9.97 Å². The quantitative estimate of drug-likeness (QED) is 0.714. The second kappa shape index (κ2) is 6.95. The number of sulfonamides is 1. The Labute approximate surface area is 157 Å². The Morgan fingerprint density at radius 3 is 2.44 bits per heavy atom.